The summed E-state index contributed by atoms with van der Waals surface area (Å²) in [5.74, 6) is 0. The van der Waals surface area contributed by atoms with Crippen molar-refractivity contribution in [1.82, 2.24) is 4.90 Å². The van der Waals surface area contributed by atoms with Gasteiger partial charge in [-0.25, -0.2) is 0 Å². The molecule has 12 heavy (non-hydrogen) atoms. The van der Waals surface area contributed by atoms with Gasteiger partial charge >= 0.3 is 0 Å². The molecule has 3 aliphatic rings. The summed E-state index contributed by atoms with van der Waals surface area (Å²) in [5.41, 5.74) is 0. The summed E-state index contributed by atoms with van der Waals surface area (Å²) in [6.45, 7) is 0. The van der Waals surface area contributed by atoms with Gasteiger partial charge in [0.15, 0.2) is 0 Å². The van der Waals surface area contributed by atoms with E-state index in [4.69, 9.17) is 0 Å². The largest absolute Gasteiger partial charge is 0.291 e. The molecule has 0 N–H and O–H groups in total. The molecule has 2 atom stereocenters. The molecule has 3 fully saturated rings. The summed E-state index contributed by atoms with van der Waals surface area (Å²) < 4.78 is 0. The minimum absolute atomic E-state index is 1.01. The topological polar surface area (TPSA) is 3.01 Å². The van der Waals surface area contributed by atoms with E-state index < -0.39 is 0 Å². The summed E-state index contributed by atoms with van der Waals surface area (Å²) in [4.78, 5) is 2.85. The molecule has 0 radical (unpaired) electrons. The van der Waals surface area contributed by atoms with Crippen molar-refractivity contribution in [2.45, 2.75) is 69.5 Å². The van der Waals surface area contributed by atoms with Crippen molar-refractivity contribution in [2.75, 3.05) is 0 Å². The molecular formula is C11H19N. The minimum atomic E-state index is 1.01. The average Bonchev–Trinajstić information content (AvgIpc) is 2.58. The molecule has 1 saturated heterocycles. The highest BCUT2D eigenvalue weighted by atomic mass is 15.4. The lowest BCUT2D eigenvalue weighted by Crippen LogP contribution is -2.17. The third-order valence-corrected chi connectivity index (χ3v) is 4.12. The lowest BCUT2D eigenvalue weighted by molar-refractivity contribution is 0.355. The zero-order valence-electron chi connectivity index (χ0n) is 7.84. The van der Waals surface area contributed by atoms with Gasteiger partial charge in [0.1, 0.15) is 0 Å². The summed E-state index contributed by atoms with van der Waals surface area (Å²) in [5, 5.41) is 0. The first-order chi connectivity index (χ1) is 5.97. The van der Waals surface area contributed by atoms with Gasteiger partial charge in [0.25, 0.3) is 0 Å². The van der Waals surface area contributed by atoms with E-state index in [0.717, 1.165) is 18.1 Å². The Kier molecular flexibility index (Phi) is 1.68. The van der Waals surface area contributed by atoms with E-state index in [1.54, 1.807) is 0 Å². The van der Waals surface area contributed by atoms with Crippen LogP contribution in [0.2, 0.25) is 0 Å². The van der Waals surface area contributed by atoms with Crippen LogP contribution in [0.15, 0.2) is 0 Å². The van der Waals surface area contributed by atoms with Crippen molar-refractivity contribution in [1.29, 1.82) is 0 Å². The van der Waals surface area contributed by atoms with Gasteiger partial charge in [0.2, 0.25) is 0 Å². The smallest absolute Gasteiger partial charge is 0.0258 e. The Hall–Kier alpha value is -0.0400. The van der Waals surface area contributed by atoms with Gasteiger partial charge in [-0.15, -0.1) is 0 Å². The first-order valence-electron chi connectivity index (χ1n) is 5.74. The number of hydrogen-bond donors (Lipinski definition) is 0. The van der Waals surface area contributed by atoms with E-state index >= 15 is 0 Å². The fourth-order valence-corrected chi connectivity index (χ4v) is 3.49. The Morgan fingerprint density at radius 3 is 1.75 bits per heavy atom. The zero-order chi connectivity index (χ0) is 7.97. The second-order valence-corrected chi connectivity index (χ2v) is 4.80. The van der Waals surface area contributed by atoms with Gasteiger partial charge in [0, 0.05) is 18.1 Å². The Morgan fingerprint density at radius 2 is 1.17 bits per heavy atom. The molecule has 1 heteroatoms. The molecule has 2 saturated carbocycles. The van der Waals surface area contributed by atoms with Gasteiger partial charge in [-0.05, 0) is 25.7 Å². The first kappa shape index (κ1) is 7.37. The normalized spacial score (nSPS) is 47.5. The monoisotopic (exact) mass is 165 g/mol. The molecule has 3 rings (SSSR count). The highest BCUT2D eigenvalue weighted by Crippen LogP contribution is 2.45. The molecule has 0 aromatic carbocycles. The third-order valence-electron chi connectivity index (χ3n) is 4.12. The highest BCUT2D eigenvalue weighted by Gasteiger charge is 2.51. The average molecular weight is 165 g/mol. The maximum atomic E-state index is 2.85. The molecule has 0 amide bonds. The molecule has 0 aromatic rings. The van der Waals surface area contributed by atoms with Gasteiger partial charge < -0.3 is 0 Å². The van der Waals surface area contributed by atoms with E-state index in [1.165, 1.54) is 51.4 Å². The number of likely N-dealkylation sites (tertiary alicyclic amines) is 1. The Labute approximate surface area is 75.1 Å². The van der Waals surface area contributed by atoms with Crippen LogP contribution < -0.4 is 0 Å². The Balaban J connectivity index is 1.64. The summed E-state index contributed by atoms with van der Waals surface area (Å²) >= 11 is 0. The summed E-state index contributed by atoms with van der Waals surface area (Å²) in [6, 6.07) is 3.10. The molecule has 1 nitrogen and oxygen atoms in total. The fourth-order valence-electron chi connectivity index (χ4n) is 3.49. The van der Waals surface area contributed by atoms with Gasteiger partial charge in [0.05, 0.1) is 0 Å². The molecule has 2 aliphatic carbocycles. The Morgan fingerprint density at radius 1 is 0.667 bits per heavy atom. The second-order valence-electron chi connectivity index (χ2n) is 4.80. The molecule has 0 aromatic heterocycles. The van der Waals surface area contributed by atoms with Crippen LogP contribution in [0.4, 0.5) is 0 Å². The molecule has 1 heterocycles. The number of fused-ring (bicyclic) bond motifs is 1. The van der Waals surface area contributed by atoms with E-state index in [0.29, 0.717) is 0 Å². The van der Waals surface area contributed by atoms with Crippen LogP contribution in [0.3, 0.4) is 0 Å². The molecular weight excluding hydrogens is 146 g/mol. The molecule has 1 aliphatic heterocycles. The van der Waals surface area contributed by atoms with Crippen molar-refractivity contribution < 1.29 is 0 Å². The van der Waals surface area contributed by atoms with Crippen LogP contribution in [0.1, 0.15) is 51.4 Å². The van der Waals surface area contributed by atoms with Crippen LogP contribution in [-0.2, 0) is 0 Å². The molecule has 0 bridgehead atoms. The minimum Gasteiger partial charge on any atom is -0.291 e. The van der Waals surface area contributed by atoms with Crippen LogP contribution in [0, 0.1) is 0 Å². The van der Waals surface area contributed by atoms with Crippen molar-refractivity contribution >= 4 is 0 Å². The van der Waals surface area contributed by atoms with Gasteiger partial charge in [-0.1, -0.05) is 25.7 Å². The van der Waals surface area contributed by atoms with E-state index in [9.17, 15) is 0 Å². The number of hydrogen-bond acceptors (Lipinski definition) is 1. The van der Waals surface area contributed by atoms with Crippen molar-refractivity contribution in [3.8, 4) is 0 Å². The number of rotatable bonds is 1. The third kappa shape index (κ3) is 1.02. The molecule has 68 valence electrons. The lowest BCUT2D eigenvalue weighted by Gasteiger charge is -2.11. The van der Waals surface area contributed by atoms with Crippen molar-refractivity contribution in [2.24, 2.45) is 0 Å². The standard InChI is InChI=1S/C11H19N/c1-2-6-9(5-1)12-10-7-3-4-8-11(10)12/h9-11H,1-8H2. The van der Waals surface area contributed by atoms with E-state index in [-0.39, 0.29) is 0 Å². The predicted molar refractivity (Wildman–Crippen MR) is 50.1 cm³/mol. The second kappa shape index (κ2) is 2.73. The summed E-state index contributed by atoms with van der Waals surface area (Å²) in [7, 11) is 0. The van der Waals surface area contributed by atoms with Crippen LogP contribution in [-0.4, -0.2) is 23.0 Å². The molecule has 0 spiro atoms. The predicted octanol–water partition coefficient (Wildman–Crippen LogP) is 2.56. The summed E-state index contributed by atoms with van der Waals surface area (Å²) in [6.07, 6.45) is 12.1. The highest BCUT2D eigenvalue weighted by molar-refractivity contribution is 5.07. The van der Waals surface area contributed by atoms with Gasteiger partial charge in [-0.2, -0.15) is 0 Å². The number of nitrogens with zero attached hydrogens (tertiary/aromatic N) is 1. The van der Waals surface area contributed by atoms with Crippen LogP contribution in [0.25, 0.3) is 0 Å². The van der Waals surface area contributed by atoms with Gasteiger partial charge in [-0.3, -0.25) is 4.90 Å². The van der Waals surface area contributed by atoms with E-state index in [2.05, 4.69) is 4.90 Å². The zero-order valence-corrected chi connectivity index (χ0v) is 7.84. The molecule has 2 unspecified atom stereocenters. The van der Waals surface area contributed by atoms with Crippen LogP contribution in [0.5, 0.6) is 0 Å². The maximum absolute atomic E-state index is 2.85. The lowest BCUT2D eigenvalue weighted by atomic mass is 10.0. The van der Waals surface area contributed by atoms with E-state index in [1.807, 2.05) is 0 Å². The SMILES string of the molecule is C1CCC(N2C3CCCCC32)C1. The van der Waals surface area contributed by atoms with Crippen molar-refractivity contribution in [3.63, 3.8) is 0 Å². The van der Waals surface area contributed by atoms with Crippen LogP contribution >= 0.6 is 0 Å². The quantitative estimate of drug-likeness (QED) is 0.540. The van der Waals surface area contributed by atoms with Crippen molar-refractivity contribution in [3.05, 3.63) is 0 Å². The maximum Gasteiger partial charge on any atom is 0.0258 e. The Bertz CT molecular complexity index is 160. The fraction of sp³-hybridized carbons (Fsp3) is 1.00. The first-order valence-corrected chi connectivity index (χ1v) is 5.74.